The number of alkyl halides is 1. The molecule has 0 aliphatic rings. The summed E-state index contributed by atoms with van der Waals surface area (Å²) in [5, 5.41) is 0.760. The van der Waals surface area contributed by atoms with Crippen molar-refractivity contribution in [2.24, 2.45) is 0 Å². The number of halogens is 2. The third-order valence-corrected chi connectivity index (χ3v) is 3.13. The SMILES string of the molecule is COCCN(CCBr)C(=O)c1cccc(Br)c1. The van der Waals surface area contributed by atoms with Crippen LogP contribution in [0.2, 0.25) is 0 Å². The van der Waals surface area contributed by atoms with Gasteiger partial charge >= 0.3 is 0 Å². The number of ether oxygens (including phenoxy) is 1. The van der Waals surface area contributed by atoms with Crippen LogP contribution in [0.1, 0.15) is 10.4 Å². The van der Waals surface area contributed by atoms with Crippen molar-refractivity contribution in [2.45, 2.75) is 0 Å². The van der Waals surface area contributed by atoms with E-state index in [1.807, 2.05) is 24.3 Å². The molecule has 0 radical (unpaired) electrons. The van der Waals surface area contributed by atoms with Crippen molar-refractivity contribution >= 4 is 37.8 Å². The molecule has 0 heterocycles. The van der Waals surface area contributed by atoms with Gasteiger partial charge in [0.2, 0.25) is 0 Å². The van der Waals surface area contributed by atoms with Gasteiger partial charge < -0.3 is 9.64 Å². The second kappa shape index (κ2) is 7.84. The predicted molar refractivity (Wildman–Crippen MR) is 75.7 cm³/mol. The normalized spacial score (nSPS) is 10.3. The third-order valence-electron chi connectivity index (χ3n) is 2.28. The van der Waals surface area contributed by atoms with E-state index >= 15 is 0 Å². The zero-order chi connectivity index (χ0) is 12.7. The average Bonchev–Trinajstić information content (AvgIpc) is 2.33. The molecule has 0 saturated heterocycles. The zero-order valence-corrected chi connectivity index (χ0v) is 12.8. The lowest BCUT2D eigenvalue weighted by molar-refractivity contribution is 0.0709. The van der Waals surface area contributed by atoms with Gasteiger partial charge in [-0.25, -0.2) is 0 Å². The van der Waals surface area contributed by atoms with E-state index in [1.54, 1.807) is 12.0 Å². The molecule has 0 saturated carbocycles. The minimum atomic E-state index is 0.0304. The number of amides is 1. The van der Waals surface area contributed by atoms with Gasteiger partial charge in [-0.3, -0.25) is 4.79 Å². The Kier molecular flexibility index (Phi) is 6.77. The number of benzene rings is 1. The number of carbonyl (C=O) groups excluding carboxylic acids is 1. The Morgan fingerprint density at radius 3 is 2.76 bits per heavy atom. The fourth-order valence-corrected chi connectivity index (χ4v) is 2.25. The second-order valence-corrected chi connectivity index (χ2v) is 5.19. The van der Waals surface area contributed by atoms with Crippen molar-refractivity contribution in [1.29, 1.82) is 0 Å². The Hall–Kier alpha value is -0.390. The number of hydrogen-bond donors (Lipinski definition) is 0. The summed E-state index contributed by atoms with van der Waals surface area (Å²) in [6.07, 6.45) is 0. The fraction of sp³-hybridized carbons (Fsp3) is 0.417. The first-order valence-corrected chi connectivity index (χ1v) is 7.20. The lowest BCUT2D eigenvalue weighted by atomic mass is 10.2. The summed E-state index contributed by atoms with van der Waals surface area (Å²) in [4.78, 5) is 14.0. The van der Waals surface area contributed by atoms with E-state index in [0.717, 1.165) is 9.80 Å². The predicted octanol–water partition coefficient (Wildman–Crippen LogP) is 2.93. The Bertz CT molecular complexity index is 371. The number of methoxy groups -OCH3 is 1. The lowest BCUT2D eigenvalue weighted by Gasteiger charge is -2.21. The molecular weight excluding hydrogens is 350 g/mol. The first-order valence-electron chi connectivity index (χ1n) is 5.28. The summed E-state index contributed by atoms with van der Waals surface area (Å²) in [6.45, 7) is 1.83. The highest BCUT2D eigenvalue weighted by Crippen LogP contribution is 2.13. The fourth-order valence-electron chi connectivity index (χ4n) is 1.42. The van der Waals surface area contributed by atoms with Crippen LogP contribution in [-0.4, -0.2) is 42.9 Å². The van der Waals surface area contributed by atoms with Crippen molar-refractivity contribution < 1.29 is 9.53 Å². The van der Waals surface area contributed by atoms with Gasteiger partial charge in [-0.1, -0.05) is 37.9 Å². The molecule has 5 heteroatoms. The van der Waals surface area contributed by atoms with Gasteiger partial charge in [-0.15, -0.1) is 0 Å². The highest BCUT2D eigenvalue weighted by Gasteiger charge is 2.14. The number of rotatable bonds is 6. The van der Waals surface area contributed by atoms with Gasteiger partial charge in [0, 0.05) is 35.6 Å². The molecule has 1 aromatic carbocycles. The summed E-state index contributed by atoms with van der Waals surface area (Å²) >= 11 is 6.72. The van der Waals surface area contributed by atoms with Crippen LogP contribution in [0.25, 0.3) is 0 Å². The molecule has 0 aliphatic carbocycles. The molecule has 0 fully saturated rings. The standard InChI is InChI=1S/C12H15Br2NO2/c1-17-8-7-15(6-5-13)12(16)10-3-2-4-11(14)9-10/h2-4,9H,5-8H2,1H3. The van der Waals surface area contributed by atoms with E-state index in [-0.39, 0.29) is 5.91 Å². The van der Waals surface area contributed by atoms with Crippen molar-refractivity contribution in [3.63, 3.8) is 0 Å². The molecule has 0 bridgehead atoms. The van der Waals surface area contributed by atoms with Gasteiger partial charge in [0.1, 0.15) is 0 Å². The van der Waals surface area contributed by atoms with Gasteiger partial charge in [0.25, 0.3) is 5.91 Å². The summed E-state index contributed by atoms with van der Waals surface area (Å²) in [7, 11) is 1.63. The van der Waals surface area contributed by atoms with Crippen LogP contribution >= 0.6 is 31.9 Å². The van der Waals surface area contributed by atoms with E-state index < -0.39 is 0 Å². The molecule has 94 valence electrons. The van der Waals surface area contributed by atoms with Crippen molar-refractivity contribution in [3.05, 3.63) is 34.3 Å². The minimum Gasteiger partial charge on any atom is -0.383 e. The summed E-state index contributed by atoms with van der Waals surface area (Å²) < 4.78 is 5.92. The highest BCUT2D eigenvalue weighted by atomic mass is 79.9. The monoisotopic (exact) mass is 363 g/mol. The molecule has 1 aromatic rings. The van der Waals surface area contributed by atoms with E-state index in [4.69, 9.17) is 4.74 Å². The summed E-state index contributed by atoms with van der Waals surface area (Å²) in [6, 6.07) is 7.41. The largest absolute Gasteiger partial charge is 0.383 e. The van der Waals surface area contributed by atoms with Crippen molar-refractivity contribution in [3.8, 4) is 0 Å². The molecule has 0 spiro atoms. The first-order chi connectivity index (χ1) is 8.19. The van der Waals surface area contributed by atoms with E-state index in [0.29, 0.717) is 25.3 Å². The summed E-state index contributed by atoms with van der Waals surface area (Å²) in [5.74, 6) is 0.0304. The molecule has 0 unspecified atom stereocenters. The van der Waals surface area contributed by atoms with Crippen LogP contribution in [0, 0.1) is 0 Å². The first kappa shape index (κ1) is 14.7. The molecular formula is C12H15Br2NO2. The molecule has 0 atom stereocenters. The van der Waals surface area contributed by atoms with E-state index in [9.17, 15) is 4.79 Å². The van der Waals surface area contributed by atoms with E-state index in [2.05, 4.69) is 31.9 Å². The zero-order valence-electron chi connectivity index (χ0n) is 9.66. The molecule has 17 heavy (non-hydrogen) atoms. The maximum Gasteiger partial charge on any atom is 0.253 e. The van der Waals surface area contributed by atoms with Crippen LogP contribution in [0.15, 0.2) is 28.7 Å². The smallest absolute Gasteiger partial charge is 0.253 e. The summed E-state index contributed by atoms with van der Waals surface area (Å²) in [5.41, 5.74) is 0.691. The number of hydrogen-bond acceptors (Lipinski definition) is 2. The highest BCUT2D eigenvalue weighted by molar-refractivity contribution is 9.10. The van der Waals surface area contributed by atoms with Gasteiger partial charge in [-0.2, -0.15) is 0 Å². The van der Waals surface area contributed by atoms with Gasteiger partial charge in [-0.05, 0) is 18.2 Å². The molecule has 3 nitrogen and oxygen atoms in total. The van der Waals surface area contributed by atoms with Crippen LogP contribution in [0.3, 0.4) is 0 Å². The second-order valence-electron chi connectivity index (χ2n) is 3.48. The van der Waals surface area contributed by atoms with Gasteiger partial charge in [0.15, 0.2) is 0 Å². The quantitative estimate of drug-likeness (QED) is 0.726. The Morgan fingerprint density at radius 1 is 1.41 bits per heavy atom. The van der Waals surface area contributed by atoms with E-state index in [1.165, 1.54) is 0 Å². The van der Waals surface area contributed by atoms with Gasteiger partial charge in [0.05, 0.1) is 6.61 Å². The van der Waals surface area contributed by atoms with Crippen molar-refractivity contribution in [2.75, 3.05) is 32.1 Å². The number of nitrogens with zero attached hydrogens (tertiary/aromatic N) is 1. The lowest BCUT2D eigenvalue weighted by Crippen LogP contribution is -2.35. The average molecular weight is 365 g/mol. The van der Waals surface area contributed by atoms with Crippen LogP contribution in [0.4, 0.5) is 0 Å². The Labute approximate surface area is 118 Å². The minimum absolute atomic E-state index is 0.0304. The van der Waals surface area contributed by atoms with Crippen LogP contribution in [-0.2, 0) is 4.74 Å². The Balaban J connectivity index is 2.76. The maximum atomic E-state index is 12.2. The molecule has 0 aromatic heterocycles. The van der Waals surface area contributed by atoms with Crippen LogP contribution < -0.4 is 0 Å². The molecule has 1 rings (SSSR count). The maximum absolute atomic E-state index is 12.2. The molecule has 0 aliphatic heterocycles. The Morgan fingerprint density at radius 2 is 2.18 bits per heavy atom. The van der Waals surface area contributed by atoms with Crippen molar-refractivity contribution in [1.82, 2.24) is 4.90 Å². The third kappa shape index (κ3) is 4.77. The molecule has 1 amide bonds. The number of carbonyl (C=O) groups is 1. The topological polar surface area (TPSA) is 29.5 Å². The van der Waals surface area contributed by atoms with Crippen LogP contribution in [0.5, 0.6) is 0 Å². The molecule has 0 N–H and O–H groups in total.